The largest absolute Gasteiger partial charge is 0.416 e. The van der Waals surface area contributed by atoms with Gasteiger partial charge in [0, 0.05) is 45.5 Å². The average Bonchev–Trinajstić information content (AvgIpc) is 2.69. The Labute approximate surface area is 167 Å². The summed E-state index contributed by atoms with van der Waals surface area (Å²) in [5, 5.41) is 0. The second-order valence-electron chi connectivity index (χ2n) is 7.26. The minimum absolute atomic E-state index is 0.0544. The van der Waals surface area contributed by atoms with E-state index in [1.54, 1.807) is 36.5 Å². The first-order valence-electron chi connectivity index (χ1n) is 9.32. The van der Waals surface area contributed by atoms with Crippen molar-refractivity contribution in [1.29, 1.82) is 0 Å². The van der Waals surface area contributed by atoms with Gasteiger partial charge < -0.3 is 9.80 Å². The number of nitrogens with zero attached hydrogens (tertiary/aromatic N) is 3. The third-order valence-corrected chi connectivity index (χ3v) is 5.00. The van der Waals surface area contributed by atoms with E-state index in [0.29, 0.717) is 18.5 Å². The first-order valence-corrected chi connectivity index (χ1v) is 9.32. The number of hydrogen-bond acceptors (Lipinski definition) is 3. The molecule has 0 unspecified atom stereocenters. The summed E-state index contributed by atoms with van der Waals surface area (Å²) in [6.45, 7) is 0.662. The standard InChI is InChI=1S/C21H22F3N3O2/c1-26(12-16-5-3-9-25-11-16)20(29)17-7-8-19(28)27(14-17)13-15-4-2-6-18(10-15)21(22,23)24/h2-6,9-11,17H,7-8,12-14H2,1H3/t17-/m0/s1. The Morgan fingerprint density at radius 1 is 1.24 bits per heavy atom. The van der Waals surface area contributed by atoms with Crippen molar-refractivity contribution in [2.45, 2.75) is 32.1 Å². The number of hydrogen-bond donors (Lipinski definition) is 0. The smallest absolute Gasteiger partial charge is 0.341 e. The van der Waals surface area contributed by atoms with Crippen LogP contribution in [0.15, 0.2) is 48.8 Å². The molecule has 8 heteroatoms. The molecular weight excluding hydrogens is 383 g/mol. The lowest BCUT2D eigenvalue weighted by atomic mass is 9.95. The van der Waals surface area contributed by atoms with Gasteiger partial charge in [-0.3, -0.25) is 14.6 Å². The number of aromatic nitrogens is 1. The van der Waals surface area contributed by atoms with E-state index >= 15 is 0 Å². The van der Waals surface area contributed by atoms with Crippen LogP contribution in [-0.4, -0.2) is 40.2 Å². The monoisotopic (exact) mass is 405 g/mol. The van der Waals surface area contributed by atoms with Crippen LogP contribution in [0.5, 0.6) is 0 Å². The Bertz CT molecular complexity index is 871. The molecule has 0 N–H and O–H groups in total. The van der Waals surface area contributed by atoms with E-state index in [1.807, 2.05) is 6.07 Å². The van der Waals surface area contributed by atoms with E-state index in [1.165, 1.54) is 11.0 Å². The number of amides is 2. The fourth-order valence-corrected chi connectivity index (χ4v) is 3.49. The predicted molar refractivity (Wildman–Crippen MR) is 100 cm³/mol. The van der Waals surface area contributed by atoms with Crippen molar-refractivity contribution in [1.82, 2.24) is 14.8 Å². The Hall–Kier alpha value is -2.90. The maximum absolute atomic E-state index is 12.9. The zero-order valence-corrected chi connectivity index (χ0v) is 16.0. The lowest BCUT2D eigenvalue weighted by Crippen LogP contribution is -2.45. The molecule has 2 aromatic rings. The van der Waals surface area contributed by atoms with Crippen molar-refractivity contribution in [3.63, 3.8) is 0 Å². The van der Waals surface area contributed by atoms with Crippen LogP contribution >= 0.6 is 0 Å². The number of carbonyl (C=O) groups is 2. The fraction of sp³-hybridized carbons (Fsp3) is 0.381. The van der Waals surface area contributed by atoms with E-state index in [-0.39, 0.29) is 37.2 Å². The second kappa shape index (κ2) is 8.63. The molecule has 154 valence electrons. The van der Waals surface area contributed by atoms with Crippen LogP contribution in [0.25, 0.3) is 0 Å². The maximum Gasteiger partial charge on any atom is 0.416 e. The number of benzene rings is 1. The van der Waals surface area contributed by atoms with Gasteiger partial charge in [0.05, 0.1) is 11.5 Å². The molecule has 0 aliphatic carbocycles. The minimum Gasteiger partial charge on any atom is -0.341 e. The number of piperidine rings is 1. The van der Waals surface area contributed by atoms with Gasteiger partial charge in [-0.15, -0.1) is 0 Å². The number of halogens is 3. The highest BCUT2D eigenvalue weighted by Crippen LogP contribution is 2.30. The highest BCUT2D eigenvalue weighted by atomic mass is 19.4. The first-order chi connectivity index (χ1) is 13.7. The van der Waals surface area contributed by atoms with Crippen molar-refractivity contribution in [2.24, 2.45) is 5.92 Å². The van der Waals surface area contributed by atoms with Crippen LogP contribution in [0.4, 0.5) is 13.2 Å². The third kappa shape index (κ3) is 5.34. The van der Waals surface area contributed by atoms with Crippen molar-refractivity contribution >= 4 is 11.8 Å². The summed E-state index contributed by atoms with van der Waals surface area (Å²) in [4.78, 5) is 32.2. The molecule has 0 bridgehead atoms. The summed E-state index contributed by atoms with van der Waals surface area (Å²) in [5.74, 6) is -0.614. The summed E-state index contributed by atoms with van der Waals surface area (Å²) in [6.07, 6.45) is -0.447. The number of carbonyl (C=O) groups excluding carboxylic acids is 2. The summed E-state index contributed by atoms with van der Waals surface area (Å²) in [5.41, 5.74) is 0.546. The van der Waals surface area contributed by atoms with Crippen LogP contribution in [0.3, 0.4) is 0 Å². The van der Waals surface area contributed by atoms with Gasteiger partial charge in [0.25, 0.3) is 0 Å². The molecule has 1 aromatic carbocycles. The molecule has 1 saturated heterocycles. The van der Waals surface area contributed by atoms with E-state index in [9.17, 15) is 22.8 Å². The number of rotatable bonds is 5. The summed E-state index contributed by atoms with van der Waals surface area (Å²) >= 11 is 0. The van der Waals surface area contributed by atoms with Crippen LogP contribution in [0.2, 0.25) is 0 Å². The van der Waals surface area contributed by atoms with E-state index in [4.69, 9.17) is 0 Å². The maximum atomic E-state index is 12.9. The zero-order valence-electron chi connectivity index (χ0n) is 16.0. The zero-order chi connectivity index (χ0) is 21.0. The number of alkyl halides is 3. The van der Waals surface area contributed by atoms with E-state index < -0.39 is 11.7 Å². The Morgan fingerprint density at radius 2 is 2.00 bits per heavy atom. The van der Waals surface area contributed by atoms with Gasteiger partial charge >= 0.3 is 6.18 Å². The molecule has 3 rings (SSSR count). The molecule has 5 nitrogen and oxygen atoms in total. The van der Waals surface area contributed by atoms with Crippen molar-refractivity contribution < 1.29 is 22.8 Å². The van der Waals surface area contributed by atoms with Gasteiger partial charge in [-0.1, -0.05) is 18.2 Å². The molecule has 1 aromatic heterocycles. The average molecular weight is 405 g/mol. The van der Waals surface area contributed by atoms with Gasteiger partial charge in [0.2, 0.25) is 11.8 Å². The molecule has 1 aliphatic heterocycles. The highest BCUT2D eigenvalue weighted by molar-refractivity contribution is 5.83. The summed E-state index contributed by atoms with van der Waals surface area (Å²) < 4.78 is 38.8. The lowest BCUT2D eigenvalue weighted by Gasteiger charge is -2.34. The molecule has 29 heavy (non-hydrogen) atoms. The molecule has 1 atom stereocenters. The van der Waals surface area contributed by atoms with E-state index in [2.05, 4.69) is 4.98 Å². The number of likely N-dealkylation sites (tertiary alicyclic amines) is 1. The van der Waals surface area contributed by atoms with Crippen LogP contribution in [0, 0.1) is 5.92 Å². The fourth-order valence-electron chi connectivity index (χ4n) is 3.49. The number of pyridine rings is 1. The molecule has 1 fully saturated rings. The lowest BCUT2D eigenvalue weighted by molar-refractivity contribution is -0.143. The van der Waals surface area contributed by atoms with Crippen LogP contribution in [0.1, 0.15) is 29.5 Å². The third-order valence-electron chi connectivity index (χ3n) is 5.00. The predicted octanol–water partition coefficient (Wildman–Crippen LogP) is 3.50. The van der Waals surface area contributed by atoms with Gasteiger partial charge in [0.15, 0.2) is 0 Å². The minimum atomic E-state index is -4.44. The van der Waals surface area contributed by atoms with Gasteiger partial charge in [-0.05, 0) is 35.7 Å². The molecule has 2 amide bonds. The molecular formula is C21H22F3N3O2. The van der Waals surface area contributed by atoms with Gasteiger partial charge in [-0.25, -0.2) is 0 Å². The van der Waals surface area contributed by atoms with Crippen molar-refractivity contribution in [3.8, 4) is 0 Å². The Balaban J connectivity index is 1.66. The van der Waals surface area contributed by atoms with Crippen LogP contribution < -0.4 is 0 Å². The molecule has 1 aliphatic rings. The first kappa shape index (κ1) is 20.8. The quantitative estimate of drug-likeness (QED) is 0.765. The topological polar surface area (TPSA) is 53.5 Å². The SMILES string of the molecule is CN(Cc1cccnc1)C(=O)[C@H]1CCC(=O)N(Cc2cccc(C(F)(F)F)c2)C1. The molecule has 0 saturated carbocycles. The summed E-state index contributed by atoms with van der Waals surface area (Å²) in [7, 11) is 1.70. The second-order valence-corrected chi connectivity index (χ2v) is 7.26. The normalized spacial score (nSPS) is 17.3. The van der Waals surface area contributed by atoms with Gasteiger partial charge in [0.1, 0.15) is 0 Å². The van der Waals surface area contributed by atoms with E-state index in [0.717, 1.165) is 17.7 Å². The van der Waals surface area contributed by atoms with Crippen molar-refractivity contribution in [2.75, 3.05) is 13.6 Å². The highest BCUT2D eigenvalue weighted by Gasteiger charge is 2.33. The Kier molecular flexibility index (Phi) is 6.20. The van der Waals surface area contributed by atoms with Crippen molar-refractivity contribution in [3.05, 3.63) is 65.5 Å². The molecule has 2 heterocycles. The summed E-state index contributed by atoms with van der Waals surface area (Å²) in [6, 6.07) is 8.61. The van der Waals surface area contributed by atoms with Gasteiger partial charge in [-0.2, -0.15) is 13.2 Å². The van der Waals surface area contributed by atoms with Crippen LogP contribution in [-0.2, 0) is 28.9 Å². The molecule has 0 radical (unpaired) electrons. The Morgan fingerprint density at radius 3 is 2.69 bits per heavy atom. The molecule has 0 spiro atoms.